The molecule has 6 aliphatic heterocycles. The lowest BCUT2D eigenvalue weighted by Gasteiger charge is -2.38. The molecule has 3 amide bonds. The quantitative estimate of drug-likeness (QED) is 0.0374. The summed E-state index contributed by atoms with van der Waals surface area (Å²) in [7, 11) is 4.39. The number of aromatic nitrogens is 6. The first-order valence-electron chi connectivity index (χ1n) is 44.1. The molecule has 9 atom stereocenters. The number of nitrogens with zero attached hydrogens (tertiary/aromatic N) is 12. The Hall–Kier alpha value is -14.3. The van der Waals surface area contributed by atoms with Crippen molar-refractivity contribution in [2.24, 2.45) is 5.92 Å². The molecular weight excluding hydrogens is 1870 g/mol. The molecule has 2 aliphatic carbocycles. The Morgan fingerprint density at radius 1 is 0.443 bits per heavy atom. The minimum Gasteiger partial charge on any atom is -0.496 e. The van der Waals surface area contributed by atoms with E-state index in [-0.39, 0.29) is 95.1 Å². The molecule has 18 rings (SSSR count). The molecule has 7 fully saturated rings. The SMILES string of the molecule is COc1cc2c(cc1-c1cnc(N3CC(F)(F)C3)nc1CN1C(=O)O[C@H](c3cc(C)cc(C(F)(F)F)c3)[C@@H]1C)[C@H](CC(=O)O)CC2.COc1ccc(-c2ccc(C(=O)O)cc2C)cc1-c1cnc(N2CC(F)(F)C2)nc1CN1C(=O)O[C@H](c2cc(C)cc(C(F)(F)F)c2)[C@@H]1C.COc1ccc(C2C[C@H]2C(=O)O)cc1-c1cnc(N2CC(F)(F)C2)nc1CN1C(=O)O[C@H](c2cc(C)cc(C(F)(F)F)c2)[C@@H]1C. The van der Waals surface area contributed by atoms with Crippen LogP contribution >= 0.6 is 0 Å². The lowest BCUT2D eigenvalue weighted by atomic mass is 9.93. The van der Waals surface area contributed by atoms with Gasteiger partial charge in [-0.1, -0.05) is 53.1 Å². The van der Waals surface area contributed by atoms with Crippen LogP contribution in [0.2, 0.25) is 0 Å². The summed E-state index contributed by atoms with van der Waals surface area (Å²) in [6.45, 7) is 7.24. The maximum absolute atomic E-state index is 13.8. The summed E-state index contributed by atoms with van der Waals surface area (Å²) < 4.78 is 238. The van der Waals surface area contributed by atoms with Crippen LogP contribution in [0.15, 0.2) is 140 Å². The van der Waals surface area contributed by atoms with E-state index < -0.39 is 171 Å². The number of cyclic esters (lactones) is 3. The lowest BCUT2D eigenvalue weighted by Crippen LogP contribution is -2.57. The van der Waals surface area contributed by atoms with Crippen molar-refractivity contribution < 1.29 is 138 Å². The van der Waals surface area contributed by atoms with Gasteiger partial charge in [-0.15, -0.1) is 0 Å². The van der Waals surface area contributed by atoms with Gasteiger partial charge in [-0.25, -0.2) is 75.4 Å². The van der Waals surface area contributed by atoms with Gasteiger partial charge in [0.2, 0.25) is 17.8 Å². The van der Waals surface area contributed by atoms with Gasteiger partial charge in [-0.2, -0.15) is 39.5 Å². The number of aryl methyl sites for hydroxylation is 5. The van der Waals surface area contributed by atoms with Gasteiger partial charge < -0.3 is 58.4 Å². The molecule has 9 heterocycles. The number of carbonyl (C=O) groups is 6. The van der Waals surface area contributed by atoms with Crippen molar-refractivity contribution in [3.8, 4) is 61.8 Å². The second kappa shape index (κ2) is 37.5. The Morgan fingerprint density at radius 2 is 0.821 bits per heavy atom. The molecule has 6 saturated heterocycles. The summed E-state index contributed by atoms with van der Waals surface area (Å²) in [6.07, 6.45) is -13.1. The molecule has 1 unspecified atom stereocenters. The summed E-state index contributed by atoms with van der Waals surface area (Å²) in [5.41, 5.74) is 7.42. The summed E-state index contributed by atoms with van der Waals surface area (Å²) in [6, 6.07) is 27.3. The molecule has 27 nitrogen and oxygen atoms in total. The number of halogens is 15. The number of hydrogen-bond donors (Lipinski definition) is 3. The lowest BCUT2D eigenvalue weighted by molar-refractivity contribution is -0.139. The molecular formula is C98H91F15N12O15. The minimum absolute atomic E-state index is 0.0187. The first-order chi connectivity index (χ1) is 65.8. The molecule has 0 spiro atoms. The minimum atomic E-state index is -4.60. The van der Waals surface area contributed by atoms with Gasteiger partial charge >= 0.3 is 54.7 Å². The molecule has 10 aromatic rings. The van der Waals surface area contributed by atoms with Gasteiger partial charge in [0.15, 0.2) is 0 Å². The van der Waals surface area contributed by atoms with E-state index in [9.17, 15) is 110 Å². The Morgan fingerprint density at radius 3 is 1.16 bits per heavy atom. The number of hydrogen-bond acceptors (Lipinski definition) is 21. The highest BCUT2D eigenvalue weighted by atomic mass is 19.4. The topological polar surface area (TPSA) is 315 Å². The maximum atomic E-state index is 13.8. The number of carbonyl (C=O) groups excluding carboxylic acids is 3. The van der Waals surface area contributed by atoms with Gasteiger partial charge in [0, 0.05) is 52.0 Å². The van der Waals surface area contributed by atoms with Crippen molar-refractivity contribution in [2.75, 3.05) is 75.3 Å². The van der Waals surface area contributed by atoms with Crippen LogP contribution in [-0.2, 0) is 68.4 Å². The largest absolute Gasteiger partial charge is 0.496 e. The Balaban J connectivity index is 0.000000152. The number of anilines is 3. The first-order valence-corrected chi connectivity index (χ1v) is 44.1. The fourth-order valence-corrected chi connectivity index (χ4v) is 18.8. The van der Waals surface area contributed by atoms with E-state index in [0.29, 0.717) is 97.7 Å². The monoisotopic (exact) mass is 1960 g/mol. The van der Waals surface area contributed by atoms with E-state index in [0.717, 1.165) is 58.7 Å². The number of rotatable bonds is 24. The molecule has 7 aromatic carbocycles. The zero-order chi connectivity index (χ0) is 101. The van der Waals surface area contributed by atoms with Gasteiger partial charge in [0.05, 0.1) is 150 Å². The number of methoxy groups -OCH3 is 3. The normalized spacial score (nSPS) is 21.4. The molecule has 0 bridgehead atoms. The van der Waals surface area contributed by atoms with E-state index in [2.05, 4.69) is 29.9 Å². The summed E-state index contributed by atoms with van der Waals surface area (Å²) in [5, 5.41) is 28.3. The van der Waals surface area contributed by atoms with Crippen LogP contribution in [-0.4, -0.2) is 193 Å². The van der Waals surface area contributed by atoms with Gasteiger partial charge in [-0.05, 0) is 215 Å². The predicted molar refractivity (Wildman–Crippen MR) is 474 cm³/mol. The molecule has 42 heteroatoms. The third kappa shape index (κ3) is 20.6. The van der Waals surface area contributed by atoms with E-state index in [1.807, 2.05) is 12.1 Å². The zero-order valence-corrected chi connectivity index (χ0v) is 76.4. The van der Waals surface area contributed by atoms with Gasteiger partial charge in [-0.3, -0.25) is 24.3 Å². The Labute approximate surface area is 789 Å². The van der Waals surface area contributed by atoms with Crippen molar-refractivity contribution in [3.63, 3.8) is 0 Å². The summed E-state index contributed by atoms with van der Waals surface area (Å²) in [4.78, 5) is 109. The van der Waals surface area contributed by atoms with Crippen molar-refractivity contribution in [3.05, 3.63) is 235 Å². The van der Waals surface area contributed by atoms with Gasteiger partial charge in [0.1, 0.15) is 35.6 Å². The third-order valence-electron chi connectivity index (χ3n) is 26.0. The van der Waals surface area contributed by atoms with E-state index >= 15 is 0 Å². The molecule has 0 radical (unpaired) electrons. The second-order valence-electron chi connectivity index (χ2n) is 36.2. The van der Waals surface area contributed by atoms with Crippen molar-refractivity contribution in [2.45, 2.75) is 178 Å². The number of benzene rings is 7. The highest BCUT2D eigenvalue weighted by molar-refractivity contribution is 5.90. The molecule has 1 saturated carbocycles. The van der Waals surface area contributed by atoms with Crippen molar-refractivity contribution in [1.82, 2.24) is 44.6 Å². The number of carboxylic acids is 3. The van der Waals surface area contributed by atoms with E-state index in [4.69, 9.17) is 28.4 Å². The molecule has 8 aliphatic rings. The average Bonchev–Trinajstić information content (AvgIpc) is 1.50. The van der Waals surface area contributed by atoms with E-state index in [1.165, 1.54) is 114 Å². The maximum Gasteiger partial charge on any atom is 0.416 e. The van der Waals surface area contributed by atoms with E-state index in [1.54, 1.807) is 76.2 Å². The number of ether oxygens (including phenoxy) is 6. The van der Waals surface area contributed by atoms with Crippen LogP contribution in [0.3, 0.4) is 0 Å². The van der Waals surface area contributed by atoms with Crippen molar-refractivity contribution >= 4 is 54.0 Å². The average molecular weight is 1960 g/mol. The molecule has 140 heavy (non-hydrogen) atoms. The number of aromatic carboxylic acids is 1. The Bertz CT molecular complexity index is 6560. The van der Waals surface area contributed by atoms with Crippen LogP contribution in [0.4, 0.5) is 98.1 Å². The standard InChI is InChI=1S/C35H31F5N4O5.C32H31F5N4O5.C31H29F5N4O5/c1-18-9-23(12-24(10-18)35(38,39)40)30-20(3)44(33(47)49-30)15-28-27(14-41-32(42-28)43-16-34(36,37)17-43)26-13-21(6-8-29(26)48-4)25-7-5-22(31(45)46)11-19(25)2;1-16-6-20(8-21(7-16)32(35,36)37)28-17(2)41(30(44)46-28)13-25-24(12-38-29(39-25)40-14-31(33,34)15-40)23-11-22-18(9-26(23)45-3)4-5-19(22)10-27(42)43;1-15-6-18(8-19(7-15)31(34,35)36)26-16(2)40(29(43)45-26)12-24-23(11-37-28(38-24)39-13-30(32,33)14-39)21-9-17(4-5-25(21)44-3)20-10-22(20)27(41)42/h5-14,20,30H,15-17H2,1-4H3,(H,45,46);6-9,11-12,17,19,28H,4-5,10,13-15H2,1-3H3,(H,42,43);4-9,11,16,20,22,26H,10,12-14H2,1-3H3,(H,41,42)/t20-,30-;17-,19-,28-;16-,20?,22+,26-/m000/s1. The third-order valence-corrected chi connectivity index (χ3v) is 26.0. The molecule has 3 N–H and O–H groups in total. The van der Waals surface area contributed by atoms with Crippen LogP contribution < -0.4 is 28.9 Å². The highest BCUT2D eigenvalue weighted by Crippen LogP contribution is 2.52. The van der Waals surface area contributed by atoms with Crippen LogP contribution in [0, 0.1) is 33.6 Å². The summed E-state index contributed by atoms with van der Waals surface area (Å²) in [5.74, 6) is -11.2. The number of alkyl halides is 15. The van der Waals surface area contributed by atoms with Crippen LogP contribution in [0.5, 0.6) is 17.2 Å². The fraction of sp³-hybridized carbons (Fsp3) is 0.388. The number of aliphatic carboxylic acids is 2. The van der Waals surface area contributed by atoms with Gasteiger partial charge in [0.25, 0.3) is 17.8 Å². The fourth-order valence-electron chi connectivity index (χ4n) is 18.8. The predicted octanol–water partition coefficient (Wildman–Crippen LogP) is 20.4. The number of amides is 3. The first kappa shape index (κ1) is 98.8. The number of fused-ring (bicyclic) bond motifs is 1. The molecule has 3 aromatic heterocycles. The van der Waals surface area contributed by atoms with Crippen molar-refractivity contribution in [1.29, 1.82) is 0 Å². The summed E-state index contributed by atoms with van der Waals surface area (Å²) >= 11 is 0. The van der Waals surface area contributed by atoms with Crippen LogP contribution in [0.1, 0.15) is 170 Å². The Kier molecular flexibility index (Phi) is 26.5. The molecule has 738 valence electrons. The smallest absolute Gasteiger partial charge is 0.416 e. The van der Waals surface area contributed by atoms with Crippen LogP contribution in [0.25, 0.3) is 44.5 Å². The highest BCUT2D eigenvalue weighted by Gasteiger charge is 2.52. The zero-order valence-electron chi connectivity index (χ0n) is 76.4. The number of carboxylic acid groups (broad SMARTS) is 3. The second-order valence-corrected chi connectivity index (χ2v) is 36.2.